The maximum absolute atomic E-state index is 10.5. The topological polar surface area (TPSA) is 197 Å². The summed E-state index contributed by atoms with van der Waals surface area (Å²) in [4.78, 5) is 10.0. The molecule has 0 unspecified atom stereocenters. The molecule has 128 valence electrons. The summed E-state index contributed by atoms with van der Waals surface area (Å²) in [5.74, 6) is 0. The predicted molar refractivity (Wildman–Crippen MR) is 84.9 cm³/mol. The fourth-order valence-electron chi connectivity index (χ4n) is 1.42. The zero-order valence-corrected chi connectivity index (χ0v) is 15.8. The molecule has 0 saturated carbocycles. The van der Waals surface area contributed by atoms with Crippen LogP contribution in [0, 0.1) is 10.1 Å². The molecule has 25 heavy (non-hydrogen) atoms. The van der Waals surface area contributed by atoms with E-state index < -0.39 is 15.3 Å². The third-order valence-corrected chi connectivity index (χ3v) is 2.39. The SMILES string of the molecule is Nc1ccc(/N=N/c2ccc([N+](=O)[O-])cc2)c(N)c1.O=S(=O)([O-])O.[Na+]. The average Bonchev–Trinajstić information content (AvgIpc) is 2.45. The van der Waals surface area contributed by atoms with Crippen LogP contribution in [-0.4, -0.2) is 22.4 Å². The number of nitro benzene ring substituents is 1. The van der Waals surface area contributed by atoms with Crippen LogP contribution in [0.3, 0.4) is 0 Å². The first-order chi connectivity index (χ1) is 11.1. The maximum atomic E-state index is 10.5. The van der Waals surface area contributed by atoms with Crippen molar-refractivity contribution in [3.8, 4) is 0 Å². The molecule has 2 aromatic rings. The van der Waals surface area contributed by atoms with E-state index in [4.69, 9.17) is 29.0 Å². The van der Waals surface area contributed by atoms with Gasteiger partial charge < -0.3 is 16.0 Å². The van der Waals surface area contributed by atoms with Crippen molar-refractivity contribution in [2.45, 2.75) is 0 Å². The Balaban J connectivity index is 0.000000848. The summed E-state index contributed by atoms with van der Waals surface area (Å²) < 4.78 is 32.8. The molecule has 0 spiro atoms. The van der Waals surface area contributed by atoms with E-state index in [1.807, 2.05) is 0 Å². The number of nitrogens with two attached hydrogens (primary N) is 2. The van der Waals surface area contributed by atoms with Gasteiger partial charge in [-0.1, -0.05) is 0 Å². The number of hydrogen-bond donors (Lipinski definition) is 3. The second-order valence-corrected chi connectivity index (χ2v) is 5.07. The van der Waals surface area contributed by atoms with E-state index in [9.17, 15) is 10.1 Å². The van der Waals surface area contributed by atoms with E-state index in [1.54, 1.807) is 18.2 Å². The first-order valence-electron chi connectivity index (χ1n) is 6.06. The van der Waals surface area contributed by atoms with Gasteiger partial charge in [-0.2, -0.15) is 5.11 Å². The van der Waals surface area contributed by atoms with Crippen molar-refractivity contribution in [2.75, 3.05) is 11.5 Å². The number of rotatable bonds is 3. The van der Waals surface area contributed by atoms with Crippen molar-refractivity contribution >= 4 is 38.8 Å². The van der Waals surface area contributed by atoms with E-state index >= 15 is 0 Å². The normalized spacial score (nSPS) is 10.5. The molecule has 0 aromatic heterocycles. The Labute approximate surface area is 164 Å². The molecule has 0 aliphatic heterocycles. The van der Waals surface area contributed by atoms with Gasteiger partial charge in [0.25, 0.3) is 5.69 Å². The van der Waals surface area contributed by atoms with Gasteiger partial charge in [-0.15, -0.1) is 5.11 Å². The van der Waals surface area contributed by atoms with E-state index in [1.165, 1.54) is 24.3 Å². The molecule has 0 heterocycles. The van der Waals surface area contributed by atoms with Gasteiger partial charge in [-0.25, -0.2) is 8.42 Å². The first-order valence-corrected chi connectivity index (χ1v) is 7.42. The van der Waals surface area contributed by atoms with Crippen LogP contribution < -0.4 is 41.0 Å². The van der Waals surface area contributed by atoms with Crippen LogP contribution in [0.5, 0.6) is 0 Å². The molecule has 13 heteroatoms. The molecule has 0 aliphatic rings. The van der Waals surface area contributed by atoms with Crippen LogP contribution in [0.15, 0.2) is 52.7 Å². The van der Waals surface area contributed by atoms with E-state index in [-0.39, 0.29) is 35.2 Å². The monoisotopic (exact) mass is 377 g/mol. The zero-order valence-electron chi connectivity index (χ0n) is 12.9. The van der Waals surface area contributed by atoms with Crippen LogP contribution in [0.1, 0.15) is 0 Å². The molecule has 0 fully saturated rings. The van der Waals surface area contributed by atoms with Crippen molar-refractivity contribution in [1.29, 1.82) is 0 Å². The Hall–Kier alpha value is -2.09. The standard InChI is InChI=1S/C12H11N5O2.Na.H2O4S/c13-8-1-6-12(11(14)7-8)16-15-9-2-4-10(5-3-9)17(18)19;;1-5(2,3)4/h1-7H,13-14H2;;(H2,1,2,3,4)/q;+1;/p-1/b16-15+;;. The van der Waals surface area contributed by atoms with E-state index in [0.29, 0.717) is 22.7 Å². The number of non-ortho nitro benzene ring substituents is 1. The number of nitrogen functional groups attached to an aromatic ring is 2. The van der Waals surface area contributed by atoms with Gasteiger partial charge in [0.1, 0.15) is 5.69 Å². The van der Waals surface area contributed by atoms with Gasteiger partial charge in [0.05, 0.1) is 16.3 Å². The van der Waals surface area contributed by atoms with Crippen molar-refractivity contribution in [3.05, 3.63) is 52.6 Å². The third kappa shape index (κ3) is 9.71. The van der Waals surface area contributed by atoms with Crippen molar-refractivity contribution in [1.82, 2.24) is 0 Å². The molecule has 0 amide bonds. The van der Waals surface area contributed by atoms with Gasteiger partial charge in [-0.3, -0.25) is 14.7 Å². The largest absolute Gasteiger partial charge is 1.00 e. The molecule has 0 saturated heterocycles. The van der Waals surface area contributed by atoms with Gasteiger partial charge in [0, 0.05) is 17.8 Å². The molecular formula is C12H12N5NaO6S. The minimum atomic E-state index is -4.92. The number of hydrogen-bond acceptors (Lipinski definition) is 9. The summed E-state index contributed by atoms with van der Waals surface area (Å²) in [5, 5.41) is 18.4. The molecule has 0 aliphatic carbocycles. The smallest absolute Gasteiger partial charge is 0.726 e. The summed E-state index contributed by atoms with van der Waals surface area (Å²) in [5.41, 5.74) is 13.3. The second kappa shape index (κ2) is 10.0. The van der Waals surface area contributed by atoms with Gasteiger partial charge in [0.2, 0.25) is 10.4 Å². The van der Waals surface area contributed by atoms with E-state index in [0.717, 1.165) is 0 Å². The number of azo groups is 1. The van der Waals surface area contributed by atoms with Crippen LogP contribution >= 0.6 is 0 Å². The summed E-state index contributed by atoms with van der Waals surface area (Å²) in [6.07, 6.45) is 0. The molecule has 11 nitrogen and oxygen atoms in total. The summed E-state index contributed by atoms with van der Waals surface area (Å²) in [6, 6.07) is 10.6. The molecule has 0 bridgehead atoms. The fourth-order valence-corrected chi connectivity index (χ4v) is 1.42. The molecule has 2 rings (SSSR count). The van der Waals surface area contributed by atoms with Crippen molar-refractivity contribution in [2.24, 2.45) is 10.2 Å². The number of nitro groups is 1. The van der Waals surface area contributed by atoms with Gasteiger partial charge >= 0.3 is 29.6 Å². The van der Waals surface area contributed by atoms with Crippen LogP contribution in [0.4, 0.5) is 28.4 Å². The van der Waals surface area contributed by atoms with Crippen molar-refractivity contribution < 1.29 is 52.0 Å². The van der Waals surface area contributed by atoms with Crippen LogP contribution in [0.25, 0.3) is 0 Å². The fraction of sp³-hybridized carbons (Fsp3) is 0. The predicted octanol–water partition coefficient (Wildman–Crippen LogP) is -0.817. The zero-order chi connectivity index (χ0) is 18.3. The molecule has 0 atom stereocenters. The first kappa shape index (κ1) is 22.9. The average molecular weight is 377 g/mol. The Kier molecular flexibility index (Phi) is 9.19. The van der Waals surface area contributed by atoms with Gasteiger partial charge in [0.15, 0.2) is 0 Å². The van der Waals surface area contributed by atoms with E-state index in [2.05, 4.69) is 10.2 Å². The minimum Gasteiger partial charge on any atom is -0.726 e. The molecular weight excluding hydrogens is 365 g/mol. The number of anilines is 2. The number of nitrogens with zero attached hydrogens (tertiary/aromatic N) is 3. The van der Waals surface area contributed by atoms with Crippen LogP contribution in [-0.2, 0) is 10.4 Å². The minimum absolute atomic E-state index is 0. The second-order valence-electron chi connectivity index (χ2n) is 4.22. The summed E-state index contributed by atoms with van der Waals surface area (Å²) >= 11 is 0. The molecule has 2 aromatic carbocycles. The Morgan fingerprint density at radius 3 is 2.00 bits per heavy atom. The van der Waals surface area contributed by atoms with Crippen LogP contribution in [0.2, 0.25) is 0 Å². The Bertz CT molecular complexity index is 849. The van der Waals surface area contributed by atoms with Crippen molar-refractivity contribution in [3.63, 3.8) is 0 Å². The Morgan fingerprint density at radius 1 is 1.04 bits per heavy atom. The Morgan fingerprint density at radius 2 is 1.56 bits per heavy atom. The molecule has 0 radical (unpaired) electrons. The number of benzene rings is 2. The summed E-state index contributed by atoms with van der Waals surface area (Å²) in [6.45, 7) is 0. The van der Waals surface area contributed by atoms with Gasteiger partial charge in [-0.05, 0) is 30.3 Å². The third-order valence-electron chi connectivity index (χ3n) is 2.39. The molecule has 5 N–H and O–H groups in total. The quantitative estimate of drug-likeness (QED) is 0.117. The maximum Gasteiger partial charge on any atom is 1.00 e. The summed E-state index contributed by atoms with van der Waals surface area (Å²) in [7, 11) is -4.92.